The first-order chi connectivity index (χ1) is 14.4. The Labute approximate surface area is 172 Å². The Kier molecular flexibility index (Phi) is 4.79. The predicted molar refractivity (Wildman–Crippen MR) is 113 cm³/mol. The van der Waals surface area contributed by atoms with Crippen LogP contribution in [0.25, 0.3) is 17.0 Å². The smallest absolute Gasteiger partial charge is 0.287 e. The lowest BCUT2D eigenvalue weighted by molar-refractivity contribution is -0.122. The SMILES string of the molecule is CCc1ccccc1N1C(=O)NC(=O)/C(=C\c2cn(C(C)=O)c3ccccc23)C1=O. The van der Waals surface area contributed by atoms with Crippen LogP contribution >= 0.6 is 0 Å². The normalized spacial score (nSPS) is 15.7. The maximum absolute atomic E-state index is 13.2. The van der Waals surface area contributed by atoms with Crippen molar-refractivity contribution in [2.45, 2.75) is 20.3 Å². The van der Waals surface area contributed by atoms with Gasteiger partial charge in [0.25, 0.3) is 11.8 Å². The molecule has 1 N–H and O–H groups in total. The summed E-state index contributed by atoms with van der Waals surface area (Å²) >= 11 is 0. The van der Waals surface area contributed by atoms with Gasteiger partial charge in [0.1, 0.15) is 5.57 Å². The molecule has 150 valence electrons. The molecular weight excluding hydrogens is 382 g/mol. The molecule has 1 aliphatic heterocycles. The van der Waals surface area contributed by atoms with Crippen LogP contribution in [0.3, 0.4) is 0 Å². The Morgan fingerprint density at radius 2 is 1.73 bits per heavy atom. The number of amides is 4. The van der Waals surface area contributed by atoms with Crippen molar-refractivity contribution in [2.24, 2.45) is 0 Å². The Morgan fingerprint density at radius 1 is 1.03 bits per heavy atom. The van der Waals surface area contributed by atoms with Crippen molar-refractivity contribution >= 4 is 46.4 Å². The molecule has 1 aliphatic rings. The molecule has 2 aromatic carbocycles. The molecular formula is C23H19N3O4. The summed E-state index contributed by atoms with van der Waals surface area (Å²) in [5, 5.41) is 2.96. The molecule has 0 saturated carbocycles. The quantitative estimate of drug-likeness (QED) is 0.537. The summed E-state index contributed by atoms with van der Waals surface area (Å²) in [5.41, 5.74) is 2.28. The summed E-state index contributed by atoms with van der Waals surface area (Å²) < 4.78 is 1.46. The fourth-order valence-corrected chi connectivity index (χ4v) is 3.64. The van der Waals surface area contributed by atoms with Crippen LogP contribution in [0.2, 0.25) is 0 Å². The second-order valence-electron chi connectivity index (χ2n) is 6.93. The molecule has 1 saturated heterocycles. The lowest BCUT2D eigenvalue weighted by atomic mass is 10.0. The lowest BCUT2D eigenvalue weighted by Gasteiger charge is -2.27. The fraction of sp³-hybridized carbons (Fsp3) is 0.130. The number of fused-ring (bicyclic) bond motifs is 1. The number of carbonyl (C=O) groups is 4. The van der Waals surface area contributed by atoms with Gasteiger partial charge in [-0.2, -0.15) is 0 Å². The van der Waals surface area contributed by atoms with Gasteiger partial charge < -0.3 is 0 Å². The highest BCUT2D eigenvalue weighted by molar-refractivity contribution is 6.39. The summed E-state index contributed by atoms with van der Waals surface area (Å²) in [7, 11) is 0. The van der Waals surface area contributed by atoms with Gasteiger partial charge in [0.15, 0.2) is 0 Å². The number of imide groups is 2. The predicted octanol–water partition coefficient (Wildman–Crippen LogP) is 3.53. The van der Waals surface area contributed by atoms with Gasteiger partial charge in [0.05, 0.1) is 11.2 Å². The van der Waals surface area contributed by atoms with Crippen LogP contribution in [-0.4, -0.2) is 28.3 Å². The number of aryl methyl sites for hydroxylation is 1. The third-order valence-corrected chi connectivity index (χ3v) is 5.10. The average molecular weight is 401 g/mol. The van der Waals surface area contributed by atoms with E-state index >= 15 is 0 Å². The second kappa shape index (κ2) is 7.44. The number of para-hydroxylation sites is 2. The van der Waals surface area contributed by atoms with Gasteiger partial charge in [-0.15, -0.1) is 0 Å². The van der Waals surface area contributed by atoms with Gasteiger partial charge in [-0.05, 0) is 30.2 Å². The molecule has 3 aromatic rings. The van der Waals surface area contributed by atoms with E-state index < -0.39 is 17.8 Å². The van der Waals surface area contributed by atoms with Crippen LogP contribution in [0.4, 0.5) is 10.5 Å². The fourth-order valence-electron chi connectivity index (χ4n) is 3.64. The van der Waals surface area contributed by atoms with Crippen LogP contribution < -0.4 is 10.2 Å². The van der Waals surface area contributed by atoms with Crippen LogP contribution in [-0.2, 0) is 16.0 Å². The molecule has 30 heavy (non-hydrogen) atoms. The zero-order valence-corrected chi connectivity index (χ0v) is 16.5. The number of barbiturate groups is 1. The number of hydrogen-bond donors (Lipinski definition) is 1. The zero-order valence-electron chi connectivity index (χ0n) is 16.5. The van der Waals surface area contributed by atoms with E-state index in [0.717, 1.165) is 15.8 Å². The van der Waals surface area contributed by atoms with Gasteiger partial charge in [0.2, 0.25) is 5.91 Å². The molecule has 1 aromatic heterocycles. The van der Waals surface area contributed by atoms with Gasteiger partial charge in [-0.3, -0.25) is 24.3 Å². The standard InChI is InChI=1S/C23H19N3O4/c1-3-15-8-4-6-10-19(15)26-22(29)18(21(28)24-23(26)30)12-16-13-25(14(2)27)20-11-7-5-9-17(16)20/h4-13H,3H2,1-2H3,(H,24,28,30)/b18-12+. The van der Waals surface area contributed by atoms with Crippen molar-refractivity contribution in [3.05, 3.63) is 71.4 Å². The molecule has 0 bridgehead atoms. The Morgan fingerprint density at radius 3 is 2.47 bits per heavy atom. The zero-order chi connectivity index (χ0) is 21.4. The van der Waals surface area contributed by atoms with E-state index in [9.17, 15) is 19.2 Å². The van der Waals surface area contributed by atoms with Gasteiger partial charge in [-0.1, -0.05) is 43.3 Å². The van der Waals surface area contributed by atoms with E-state index in [-0.39, 0.29) is 11.5 Å². The summed E-state index contributed by atoms with van der Waals surface area (Å²) in [6.07, 6.45) is 3.63. The monoisotopic (exact) mass is 401 g/mol. The van der Waals surface area contributed by atoms with E-state index in [1.54, 1.807) is 30.5 Å². The van der Waals surface area contributed by atoms with Crippen LogP contribution in [0.1, 0.15) is 29.8 Å². The van der Waals surface area contributed by atoms with Gasteiger partial charge in [-0.25, -0.2) is 9.69 Å². The number of rotatable bonds is 3. The first-order valence-corrected chi connectivity index (χ1v) is 9.52. The molecule has 4 rings (SSSR count). The second-order valence-corrected chi connectivity index (χ2v) is 6.93. The van der Waals surface area contributed by atoms with Crippen LogP contribution in [0, 0.1) is 0 Å². The average Bonchev–Trinajstić information content (AvgIpc) is 3.10. The largest absolute Gasteiger partial charge is 0.335 e. The summed E-state index contributed by atoms with van der Waals surface area (Å²) in [6.45, 7) is 3.35. The van der Waals surface area contributed by atoms with Gasteiger partial charge in [0, 0.05) is 24.1 Å². The maximum Gasteiger partial charge on any atom is 0.335 e. The highest BCUT2D eigenvalue weighted by atomic mass is 16.2. The summed E-state index contributed by atoms with van der Waals surface area (Å²) in [5.74, 6) is -1.66. The minimum Gasteiger partial charge on any atom is -0.287 e. The maximum atomic E-state index is 13.2. The highest BCUT2D eigenvalue weighted by Crippen LogP contribution is 2.28. The van der Waals surface area contributed by atoms with Crippen molar-refractivity contribution in [1.82, 2.24) is 9.88 Å². The lowest BCUT2D eigenvalue weighted by Crippen LogP contribution is -2.54. The molecule has 0 radical (unpaired) electrons. The Bertz CT molecular complexity index is 1250. The van der Waals surface area contributed by atoms with E-state index in [4.69, 9.17) is 0 Å². The number of benzene rings is 2. The Balaban J connectivity index is 1.85. The van der Waals surface area contributed by atoms with E-state index in [0.29, 0.717) is 23.2 Å². The molecule has 0 spiro atoms. The number of aromatic nitrogens is 1. The molecule has 7 nitrogen and oxygen atoms in total. The van der Waals surface area contributed by atoms with Crippen molar-refractivity contribution in [1.29, 1.82) is 0 Å². The number of nitrogens with zero attached hydrogens (tertiary/aromatic N) is 2. The van der Waals surface area contributed by atoms with Crippen LogP contribution in [0.5, 0.6) is 0 Å². The molecule has 4 amide bonds. The molecule has 2 heterocycles. The number of hydrogen-bond acceptors (Lipinski definition) is 4. The number of carbonyl (C=O) groups excluding carboxylic acids is 4. The van der Waals surface area contributed by atoms with Crippen LogP contribution in [0.15, 0.2) is 60.3 Å². The van der Waals surface area contributed by atoms with E-state index in [2.05, 4.69) is 5.32 Å². The first-order valence-electron chi connectivity index (χ1n) is 9.52. The molecule has 0 atom stereocenters. The van der Waals surface area contributed by atoms with E-state index in [1.807, 2.05) is 31.2 Å². The summed E-state index contributed by atoms with van der Waals surface area (Å²) in [4.78, 5) is 51.2. The molecule has 0 unspecified atom stereocenters. The third kappa shape index (κ3) is 3.10. The third-order valence-electron chi connectivity index (χ3n) is 5.10. The summed E-state index contributed by atoms with van der Waals surface area (Å²) in [6, 6.07) is 13.5. The van der Waals surface area contributed by atoms with Crippen molar-refractivity contribution in [3.63, 3.8) is 0 Å². The minimum absolute atomic E-state index is 0.174. The van der Waals surface area contributed by atoms with Crippen molar-refractivity contribution < 1.29 is 19.2 Å². The first kappa shape index (κ1) is 19.3. The molecule has 0 aliphatic carbocycles. The van der Waals surface area contributed by atoms with Gasteiger partial charge >= 0.3 is 6.03 Å². The number of nitrogens with one attached hydrogen (secondary N) is 1. The number of urea groups is 1. The van der Waals surface area contributed by atoms with Crippen molar-refractivity contribution in [3.8, 4) is 0 Å². The minimum atomic E-state index is -0.783. The topological polar surface area (TPSA) is 88.5 Å². The highest BCUT2D eigenvalue weighted by Gasteiger charge is 2.37. The molecule has 7 heteroatoms. The van der Waals surface area contributed by atoms with Crippen molar-refractivity contribution in [2.75, 3.05) is 4.90 Å². The molecule has 1 fully saturated rings. The number of anilines is 1. The van der Waals surface area contributed by atoms with E-state index in [1.165, 1.54) is 17.6 Å². The Hall–Kier alpha value is -4.00.